The summed E-state index contributed by atoms with van der Waals surface area (Å²) >= 11 is 0. The maximum Gasteiger partial charge on any atom is 0.130 e. The topological polar surface area (TPSA) is 15.3 Å². The lowest BCUT2D eigenvalue weighted by atomic mass is 10.0. The molecular weight excluding hydrogens is 270 g/mol. The smallest absolute Gasteiger partial charge is 0.130 e. The van der Waals surface area contributed by atoms with Gasteiger partial charge in [-0.3, -0.25) is 0 Å². The first-order valence-electron chi connectivity index (χ1n) is 7.93. The zero-order valence-electron chi connectivity index (χ0n) is 13.2. The molecule has 1 aromatic rings. The van der Waals surface area contributed by atoms with Crippen LogP contribution in [0.1, 0.15) is 51.6 Å². The second-order valence-corrected chi connectivity index (χ2v) is 6.28. The van der Waals surface area contributed by atoms with Crippen LogP contribution < -0.4 is 5.32 Å². The largest absolute Gasteiger partial charge is 0.307 e. The maximum atomic E-state index is 13.8. The van der Waals surface area contributed by atoms with Gasteiger partial charge in [0.2, 0.25) is 0 Å². The zero-order valence-corrected chi connectivity index (χ0v) is 13.2. The fraction of sp³-hybridized carbons (Fsp3) is 0.647. The molecule has 0 amide bonds. The minimum Gasteiger partial charge on any atom is -0.307 e. The lowest BCUT2D eigenvalue weighted by molar-refractivity contribution is 0.228. The van der Waals surface area contributed by atoms with Crippen molar-refractivity contribution < 1.29 is 8.78 Å². The third-order valence-corrected chi connectivity index (χ3v) is 4.41. The molecule has 0 aromatic heterocycles. The molecule has 21 heavy (non-hydrogen) atoms. The van der Waals surface area contributed by atoms with Gasteiger partial charge in [-0.25, -0.2) is 8.78 Å². The Hall–Kier alpha value is -1.00. The zero-order chi connectivity index (χ0) is 15.4. The molecule has 2 nitrogen and oxygen atoms in total. The predicted molar refractivity (Wildman–Crippen MR) is 82.3 cm³/mol. The van der Waals surface area contributed by atoms with Gasteiger partial charge in [0, 0.05) is 23.7 Å². The second kappa shape index (κ2) is 7.32. The van der Waals surface area contributed by atoms with Gasteiger partial charge in [-0.1, -0.05) is 6.07 Å². The molecule has 1 saturated heterocycles. The van der Waals surface area contributed by atoms with Gasteiger partial charge in [0.1, 0.15) is 11.6 Å². The van der Waals surface area contributed by atoms with Gasteiger partial charge >= 0.3 is 0 Å². The second-order valence-electron chi connectivity index (χ2n) is 6.28. The third kappa shape index (κ3) is 4.24. The van der Waals surface area contributed by atoms with E-state index >= 15 is 0 Å². The number of likely N-dealkylation sites (tertiary alicyclic amines) is 1. The van der Waals surface area contributed by atoms with E-state index in [-0.39, 0.29) is 11.6 Å². The van der Waals surface area contributed by atoms with Gasteiger partial charge in [-0.05, 0) is 65.3 Å². The lowest BCUT2D eigenvalue weighted by Crippen LogP contribution is -2.35. The van der Waals surface area contributed by atoms with Crippen molar-refractivity contribution in [1.82, 2.24) is 10.2 Å². The van der Waals surface area contributed by atoms with Crippen LogP contribution >= 0.6 is 0 Å². The highest BCUT2D eigenvalue weighted by molar-refractivity contribution is 5.22. The summed E-state index contributed by atoms with van der Waals surface area (Å²) in [5, 5.41) is 3.41. The van der Waals surface area contributed by atoms with Crippen LogP contribution in [0, 0.1) is 11.6 Å². The molecule has 1 aliphatic rings. The Labute approximate surface area is 126 Å². The Kier molecular flexibility index (Phi) is 5.71. The number of hydrogen-bond acceptors (Lipinski definition) is 2. The number of rotatable bonds is 4. The van der Waals surface area contributed by atoms with Crippen molar-refractivity contribution in [2.45, 2.75) is 58.2 Å². The van der Waals surface area contributed by atoms with Crippen molar-refractivity contribution in [1.29, 1.82) is 0 Å². The van der Waals surface area contributed by atoms with Crippen LogP contribution in [0.15, 0.2) is 18.2 Å². The molecule has 0 saturated carbocycles. The number of benzene rings is 1. The lowest BCUT2D eigenvalue weighted by Gasteiger charge is -2.25. The standard InChI is InChI=1S/C17H26F2N2/c1-12(2)21-10-5-6-14(9-11-21)20-13(3)17-15(18)7-4-8-16(17)19/h4,7-8,12-14,20H,5-6,9-11H2,1-3H3. The Morgan fingerprint density at radius 3 is 2.38 bits per heavy atom. The van der Waals surface area contributed by atoms with E-state index in [4.69, 9.17) is 0 Å². The minimum atomic E-state index is -0.465. The summed E-state index contributed by atoms with van der Waals surface area (Å²) in [5.74, 6) is -0.931. The summed E-state index contributed by atoms with van der Waals surface area (Å²) in [5.41, 5.74) is 0.155. The Bertz CT molecular complexity index is 442. The first-order valence-corrected chi connectivity index (χ1v) is 7.93. The Balaban J connectivity index is 1.98. The van der Waals surface area contributed by atoms with Crippen LogP contribution in [0.25, 0.3) is 0 Å². The van der Waals surface area contributed by atoms with Crippen molar-refractivity contribution in [2.75, 3.05) is 13.1 Å². The molecule has 0 spiro atoms. The molecule has 1 N–H and O–H groups in total. The number of nitrogens with one attached hydrogen (secondary N) is 1. The molecule has 4 heteroatoms. The first kappa shape index (κ1) is 16.4. The third-order valence-electron chi connectivity index (χ3n) is 4.41. The molecule has 1 fully saturated rings. The molecule has 118 valence electrons. The molecular formula is C17H26F2N2. The number of halogens is 2. The van der Waals surface area contributed by atoms with Crippen molar-refractivity contribution in [3.63, 3.8) is 0 Å². The van der Waals surface area contributed by atoms with Gasteiger partial charge in [-0.2, -0.15) is 0 Å². The molecule has 1 aromatic carbocycles. The SMILES string of the molecule is CC(NC1CCCN(C(C)C)CC1)c1c(F)cccc1F. The quantitative estimate of drug-likeness (QED) is 0.907. The maximum absolute atomic E-state index is 13.8. The van der Waals surface area contributed by atoms with Gasteiger partial charge in [-0.15, -0.1) is 0 Å². The molecule has 1 heterocycles. The van der Waals surface area contributed by atoms with E-state index in [9.17, 15) is 8.78 Å². The number of hydrogen-bond donors (Lipinski definition) is 1. The van der Waals surface area contributed by atoms with Crippen LogP contribution in [-0.2, 0) is 0 Å². The number of nitrogens with zero attached hydrogens (tertiary/aromatic N) is 1. The monoisotopic (exact) mass is 296 g/mol. The van der Waals surface area contributed by atoms with Crippen molar-refractivity contribution in [3.05, 3.63) is 35.4 Å². The molecule has 1 aliphatic heterocycles. The highest BCUT2D eigenvalue weighted by Gasteiger charge is 2.22. The van der Waals surface area contributed by atoms with Crippen LogP contribution in [0.3, 0.4) is 0 Å². The van der Waals surface area contributed by atoms with Crippen molar-refractivity contribution in [3.8, 4) is 0 Å². The molecule has 2 atom stereocenters. The summed E-state index contributed by atoms with van der Waals surface area (Å²) in [6, 6.07) is 4.64. The summed E-state index contributed by atoms with van der Waals surface area (Å²) in [6.45, 7) is 8.42. The average molecular weight is 296 g/mol. The Morgan fingerprint density at radius 1 is 1.10 bits per heavy atom. The van der Waals surface area contributed by atoms with Crippen molar-refractivity contribution >= 4 is 0 Å². The Morgan fingerprint density at radius 2 is 1.76 bits per heavy atom. The van der Waals surface area contributed by atoms with E-state index in [2.05, 4.69) is 24.1 Å². The highest BCUT2D eigenvalue weighted by Crippen LogP contribution is 2.23. The van der Waals surface area contributed by atoms with E-state index in [1.807, 2.05) is 6.92 Å². The first-order chi connectivity index (χ1) is 9.99. The van der Waals surface area contributed by atoms with E-state index in [0.29, 0.717) is 12.1 Å². The van der Waals surface area contributed by atoms with Gasteiger partial charge in [0.05, 0.1) is 0 Å². The van der Waals surface area contributed by atoms with Gasteiger partial charge < -0.3 is 10.2 Å². The van der Waals surface area contributed by atoms with Crippen LogP contribution in [0.2, 0.25) is 0 Å². The van der Waals surface area contributed by atoms with E-state index in [1.165, 1.54) is 18.2 Å². The molecule has 2 unspecified atom stereocenters. The molecule has 0 bridgehead atoms. The van der Waals surface area contributed by atoms with Gasteiger partial charge in [0.15, 0.2) is 0 Å². The van der Waals surface area contributed by atoms with Crippen LogP contribution in [-0.4, -0.2) is 30.1 Å². The fourth-order valence-corrected chi connectivity index (χ4v) is 3.16. The summed E-state index contributed by atoms with van der Waals surface area (Å²) < 4.78 is 27.6. The van der Waals surface area contributed by atoms with E-state index in [0.717, 1.165) is 32.4 Å². The summed E-state index contributed by atoms with van der Waals surface area (Å²) in [4.78, 5) is 2.47. The van der Waals surface area contributed by atoms with Crippen molar-refractivity contribution in [2.24, 2.45) is 0 Å². The molecule has 2 rings (SSSR count). The highest BCUT2D eigenvalue weighted by atomic mass is 19.1. The summed E-state index contributed by atoms with van der Waals surface area (Å²) in [7, 11) is 0. The van der Waals surface area contributed by atoms with Crippen LogP contribution in [0.5, 0.6) is 0 Å². The minimum absolute atomic E-state index is 0.155. The normalized spacial score (nSPS) is 22.3. The van der Waals surface area contributed by atoms with Gasteiger partial charge in [0.25, 0.3) is 0 Å². The van der Waals surface area contributed by atoms with E-state index < -0.39 is 11.6 Å². The molecule has 0 aliphatic carbocycles. The summed E-state index contributed by atoms with van der Waals surface area (Å²) in [6.07, 6.45) is 3.21. The fourth-order valence-electron chi connectivity index (χ4n) is 3.16. The van der Waals surface area contributed by atoms with E-state index in [1.54, 1.807) is 0 Å². The molecule has 0 radical (unpaired) electrons. The van der Waals surface area contributed by atoms with Crippen LogP contribution in [0.4, 0.5) is 8.78 Å². The average Bonchev–Trinajstić information content (AvgIpc) is 2.64. The predicted octanol–water partition coefficient (Wildman–Crippen LogP) is 3.88.